The molecule has 0 bridgehead atoms. The predicted octanol–water partition coefficient (Wildman–Crippen LogP) is 4.46. The van der Waals surface area contributed by atoms with Gasteiger partial charge in [-0.25, -0.2) is 0 Å². The monoisotopic (exact) mass is 324 g/mol. The normalized spacial score (nSPS) is 16.5. The number of benzene rings is 1. The first-order valence-corrected chi connectivity index (χ1v) is 8.12. The van der Waals surface area contributed by atoms with Gasteiger partial charge in [-0.15, -0.1) is 0 Å². The van der Waals surface area contributed by atoms with Crippen LogP contribution in [0, 0.1) is 0 Å². The summed E-state index contributed by atoms with van der Waals surface area (Å²) in [5.74, 6) is 0.0538. The Hall–Kier alpha value is -2.39. The van der Waals surface area contributed by atoms with Crippen molar-refractivity contribution in [2.75, 3.05) is 6.61 Å². The smallest absolute Gasteiger partial charge is 0.197 e. The first-order chi connectivity index (χ1) is 11.4. The molecule has 1 aliphatic carbocycles. The lowest BCUT2D eigenvalue weighted by Crippen LogP contribution is -2.40. The Labute approximate surface area is 143 Å². The molecule has 3 nitrogen and oxygen atoms in total. The molecule has 126 valence electrons. The van der Waals surface area contributed by atoms with Crippen LogP contribution in [-0.2, 0) is 4.74 Å². The third kappa shape index (κ3) is 4.56. The van der Waals surface area contributed by atoms with Crippen LogP contribution in [0.15, 0.2) is 67.0 Å². The van der Waals surface area contributed by atoms with Crippen LogP contribution in [0.5, 0.6) is 0 Å². The molecule has 3 heteroatoms. The molecule has 24 heavy (non-hydrogen) atoms. The van der Waals surface area contributed by atoms with Crippen molar-refractivity contribution in [3.05, 3.63) is 78.1 Å². The first kappa shape index (κ1) is 18.0. The lowest BCUT2D eigenvalue weighted by Gasteiger charge is -2.22. The molecular weight excluding hydrogens is 300 g/mol. The largest absolute Gasteiger partial charge is 0.491 e. The molecule has 1 aromatic carbocycles. The summed E-state index contributed by atoms with van der Waals surface area (Å²) in [6, 6.07) is 7.36. The Morgan fingerprint density at radius 2 is 2.08 bits per heavy atom. The molecule has 0 fully saturated rings. The van der Waals surface area contributed by atoms with Gasteiger partial charge >= 0.3 is 0 Å². The van der Waals surface area contributed by atoms with Crippen LogP contribution in [-0.4, -0.2) is 23.1 Å². The number of carbonyl (C=O) groups is 1. The van der Waals surface area contributed by atoms with Crippen LogP contribution >= 0.6 is 0 Å². The van der Waals surface area contributed by atoms with Crippen LogP contribution in [0.4, 0.5) is 0 Å². The third-order valence-electron chi connectivity index (χ3n) is 3.91. The van der Waals surface area contributed by atoms with E-state index in [1.807, 2.05) is 19.1 Å². The van der Waals surface area contributed by atoms with Gasteiger partial charge in [-0.05, 0) is 43.9 Å². The van der Waals surface area contributed by atoms with Crippen molar-refractivity contribution in [3.63, 3.8) is 0 Å². The summed E-state index contributed by atoms with van der Waals surface area (Å²) >= 11 is 0. The van der Waals surface area contributed by atoms with Gasteiger partial charge in [0.25, 0.3) is 0 Å². The molecule has 0 aromatic heterocycles. The maximum Gasteiger partial charge on any atom is 0.197 e. The highest BCUT2D eigenvalue weighted by Gasteiger charge is 2.32. The summed E-state index contributed by atoms with van der Waals surface area (Å²) < 4.78 is 5.34. The average Bonchev–Trinajstić information content (AvgIpc) is 2.61. The Morgan fingerprint density at radius 3 is 2.67 bits per heavy atom. The van der Waals surface area contributed by atoms with Crippen LogP contribution in [0.25, 0.3) is 5.57 Å². The van der Waals surface area contributed by atoms with Crippen molar-refractivity contribution in [1.82, 2.24) is 0 Å². The summed E-state index contributed by atoms with van der Waals surface area (Å²) in [6.07, 6.45) is 11.8. The number of hydrogen-bond acceptors (Lipinski definition) is 3. The molecule has 0 heterocycles. The van der Waals surface area contributed by atoms with E-state index in [2.05, 4.69) is 24.8 Å². The van der Waals surface area contributed by atoms with Crippen molar-refractivity contribution in [1.29, 1.82) is 0 Å². The molecule has 1 unspecified atom stereocenters. The summed E-state index contributed by atoms with van der Waals surface area (Å²) in [7, 11) is 0. The molecule has 0 saturated carbocycles. The van der Waals surface area contributed by atoms with Gasteiger partial charge in [0.1, 0.15) is 12.4 Å². The number of Topliss-reactive ketones (excluding diaryl/α,β-unsaturated/α-hetero) is 1. The van der Waals surface area contributed by atoms with Gasteiger partial charge in [-0.1, -0.05) is 55.1 Å². The topological polar surface area (TPSA) is 46.5 Å². The zero-order valence-corrected chi connectivity index (χ0v) is 14.3. The maximum atomic E-state index is 12.5. The Balaban J connectivity index is 2.07. The third-order valence-corrected chi connectivity index (χ3v) is 3.91. The Bertz CT molecular complexity index is 688. The lowest BCUT2D eigenvalue weighted by atomic mass is 9.92. The van der Waals surface area contributed by atoms with E-state index in [0.717, 1.165) is 18.4 Å². The molecule has 0 spiro atoms. The van der Waals surface area contributed by atoms with E-state index in [1.54, 1.807) is 24.3 Å². The van der Waals surface area contributed by atoms with Gasteiger partial charge in [0, 0.05) is 5.56 Å². The molecule has 0 amide bonds. The fourth-order valence-corrected chi connectivity index (χ4v) is 2.52. The lowest BCUT2D eigenvalue weighted by molar-refractivity contribution is 0.00196. The summed E-state index contributed by atoms with van der Waals surface area (Å²) in [5, 5.41) is 10.4. The van der Waals surface area contributed by atoms with Crippen LogP contribution in [0.2, 0.25) is 0 Å². The highest BCUT2D eigenvalue weighted by molar-refractivity contribution is 6.02. The molecule has 1 atom stereocenters. The highest BCUT2D eigenvalue weighted by Crippen LogP contribution is 2.24. The van der Waals surface area contributed by atoms with Gasteiger partial charge < -0.3 is 9.84 Å². The van der Waals surface area contributed by atoms with Gasteiger partial charge in [-0.2, -0.15) is 0 Å². The minimum atomic E-state index is -1.60. The molecule has 0 saturated heterocycles. The van der Waals surface area contributed by atoms with Crippen molar-refractivity contribution in [2.45, 2.75) is 32.3 Å². The van der Waals surface area contributed by atoms with E-state index < -0.39 is 5.60 Å². The number of carbonyl (C=O) groups excluding carboxylic acids is 1. The summed E-state index contributed by atoms with van der Waals surface area (Å²) in [4.78, 5) is 12.5. The van der Waals surface area contributed by atoms with Gasteiger partial charge in [-0.3, -0.25) is 4.79 Å². The van der Waals surface area contributed by atoms with Crippen molar-refractivity contribution in [3.8, 4) is 0 Å². The number of aliphatic hydroxyl groups is 1. The van der Waals surface area contributed by atoms with Crippen LogP contribution in [0.1, 0.15) is 42.6 Å². The van der Waals surface area contributed by atoms with Gasteiger partial charge in [0.2, 0.25) is 0 Å². The Morgan fingerprint density at radius 1 is 1.38 bits per heavy atom. The molecule has 2 rings (SSSR count). The SMILES string of the molecule is C=C(/C=C\C)OCC(C)(O)C(=O)c1ccc(C2=CC=CCC2)cc1. The van der Waals surface area contributed by atoms with E-state index >= 15 is 0 Å². The molecule has 1 N–H and O–H groups in total. The number of hydrogen-bond donors (Lipinski definition) is 1. The van der Waals surface area contributed by atoms with E-state index in [9.17, 15) is 9.90 Å². The molecule has 1 aliphatic rings. The van der Waals surface area contributed by atoms with Crippen molar-refractivity contribution >= 4 is 11.4 Å². The Kier molecular flexibility index (Phi) is 5.93. The first-order valence-electron chi connectivity index (χ1n) is 8.12. The fourth-order valence-electron chi connectivity index (χ4n) is 2.52. The quantitative estimate of drug-likeness (QED) is 0.457. The zero-order valence-electron chi connectivity index (χ0n) is 14.3. The van der Waals surface area contributed by atoms with Gasteiger partial charge in [0.15, 0.2) is 11.4 Å². The molecule has 1 aromatic rings. The second-order valence-corrected chi connectivity index (χ2v) is 6.09. The summed E-state index contributed by atoms with van der Waals surface area (Å²) in [5.41, 5.74) is 1.23. The van der Waals surface area contributed by atoms with Crippen molar-refractivity contribution in [2.24, 2.45) is 0 Å². The zero-order chi connectivity index (χ0) is 17.6. The second kappa shape index (κ2) is 7.93. The van der Waals surface area contributed by atoms with Crippen LogP contribution < -0.4 is 0 Å². The van der Waals surface area contributed by atoms with E-state index in [0.29, 0.717) is 11.3 Å². The average molecular weight is 324 g/mol. The number of ether oxygens (including phenoxy) is 1. The van der Waals surface area contributed by atoms with E-state index in [4.69, 9.17) is 4.74 Å². The maximum absolute atomic E-state index is 12.5. The second-order valence-electron chi connectivity index (χ2n) is 6.09. The number of allylic oxidation sites excluding steroid dienone is 6. The molecule has 0 aliphatic heterocycles. The highest BCUT2D eigenvalue weighted by atomic mass is 16.5. The standard InChI is InChI=1S/C21H24O3/c1-4-8-16(2)24-15-21(3,23)20(22)19-13-11-18(12-14-19)17-9-6-5-7-10-17/h4-6,8-9,11-14,23H,2,7,10,15H2,1,3H3/b8-4-. The molecule has 0 radical (unpaired) electrons. The number of ketones is 1. The van der Waals surface area contributed by atoms with Crippen molar-refractivity contribution < 1.29 is 14.6 Å². The minimum Gasteiger partial charge on any atom is -0.491 e. The van der Waals surface area contributed by atoms with Gasteiger partial charge in [0.05, 0.1) is 0 Å². The predicted molar refractivity (Wildman–Crippen MR) is 97.7 cm³/mol. The molecular formula is C21H24O3. The van der Waals surface area contributed by atoms with E-state index in [1.165, 1.54) is 12.5 Å². The van der Waals surface area contributed by atoms with Crippen LogP contribution in [0.3, 0.4) is 0 Å². The van der Waals surface area contributed by atoms with E-state index in [-0.39, 0.29) is 12.4 Å². The summed E-state index contributed by atoms with van der Waals surface area (Å²) in [6.45, 7) is 6.87. The fraction of sp³-hybridized carbons (Fsp3) is 0.286. The minimum absolute atomic E-state index is 0.132. The number of rotatable bonds is 7.